The predicted octanol–water partition coefficient (Wildman–Crippen LogP) is 1.28. The summed E-state index contributed by atoms with van der Waals surface area (Å²) in [6.07, 6.45) is -2.21. The van der Waals surface area contributed by atoms with Gasteiger partial charge in [0.05, 0.1) is 12.7 Å². The van der Waals surface area contributed by atoms with Gasteiger partial charge in [-0.2, -0.15) is 0 Å². The monoisotopic (exact) mass is 238 g/mol. The lowest BCUT2D eigenvalue weighted by Gasteiger charge is -2.22. The van der Waals surface area contributed by atoms with Gasteiger partial charge in [0.25, 0.3) is 0 Å². The maximum Gasteiger partial charge on any atom is 0.335 e. The molecular weight excluding hydrogens is 220 g/mol. The summed E-state index contributed by atoms with van der Waals surface area (Å²) < 4.78 is 4.71. The first-order valence-corrected chi connectivity index (χ1v) is 5.65. The van der Waals surface area contributed by atoms with Gasteiger partial charge in [-0.25, -0.2) is 4.79 Å². The van der Waals surface area contributed by atoms with Crippen LogP contribution < -0.4 is 0 Å². The van der Waals surface area contributed by atoms with Crippen LogP contribution in [0.25, 0.3) is 0 Å². The second kappa shape index (κ2) is 6.37. The van der Waals surface area contributed by atoms with Crippen LogP contribution in [0.15, 0.2) is 30.3 Å². The van der Waals surface area contributed by atoms with E-state index in [1.54, 1.807) is 38.1 Å². The van der Waals surface area contributed by atoms with Crippen LogP contribution in [-0.4, -0.2) is 28.9 Å². The Morgan fingerprint density at radius 2 is 1.88 bits per heavy atom. The maximum absolute atomic E-state index is 11.3. The molecular formula is C13H18O4. The van der Waals surface area contributed by atoms with E-state index in [4.69, 9.17) is 4.74 Å². The van der Waals surface area contributed by atoms with E-state index >= 15 is 0 Å². The lowest BCUT2D eigenvalue weighted by molar-refractivity contribution is -0.158. The van der Waals surface area contributed by atoms with Crippen molar-refractivity contribution in [3.63, 3.8) is 0 Å². The molecule has 0 aliphatic rings. The van der Waals surface area contributed by atoms with Gasteiger partial charge in [-0.1, -0.05) is 37.3 Å². The van der Waals surface area contributed by atoms with Crippen molar-refractivity contribution < 1.29 is 19.7 Å². The summed E-state index contributed by atoms with van der Waals surface area (Å²) in [5.41, 5.74) is 0.670. The van der Waals surface area contributed by atoms with Crippen molar-refractivity contribution in [1.29, 1.82) is 0 Å². The molecule has 1 rings (SSSR count). The molecule has 0 fully saturated rings. The molecule has 0 amide bonds. The molecule has 0 heterocycles. The number of carbonyl (C=O) groups excluding carboxylic acids is 1. The number of aliphatic hydroxyl groups is 2. The van der Waals surface area contributed by atoms with Gasteiger partial charge in [-0.3, -0.25) is 0 Å². The zero-order valence-electron chi connectivity index (χ0n) is 10.0. The van der Waals surface area contributed by atoms with E-state index in [9.17, 15) is 15.0 Å². The van der Waals surface area contributed by atoms with E-state index in [1.165, 1.54) is 0 Å². The molecule has 17 heavy (non-hydrogen) atoms. The van der Waals surface area contributed by atoms with Gasteiger partial charge < -0.3 is 14.9 Å². The highest BCUT2D eigenvalue weighted by Gasteiger charge is 2.29. The molecule has 3 atom stereocenters. The summed E-state index contributed by atoms with van der Waals surface area (Å²) in [6, 6.07) is 8.92. The Hall–Kier alpha value is -1.39. The zero-order valence-corrected chi connectivity index (χ0v) is 10.0. The van der Waals surface area contributed by atoms with E-state index in [1.807, 2.05) is 6.07 Å². The quantitative estimate of drug-likeness (QED) is 0.758. The Labute approximate surface area is 101 Å². The fourth-order valence-electron chi connectivity index (χ4n) is 1.57. The SMILES string of the molecule is CCOC(=O)[C@H](O)[C@@H](C)[C@@H](O)c1ccccc1. The predicted molar refractivity (Wildman–Crippen MR) is 63.2 cm³/mol. The largest absolute Gasteiger partial charge is 0.464 e. The van der Waals surface area contributed by atoms with E-state index in [-0.39, 0.29) is 6.61 Å². The smallest absolute Gasteiger partial charge is 0.335 e. The van der Waals surface area contributed by atoms with Crippen molar-refractivity contribution in [2.24, 2.45) is 5.92 Å². The third-order valence-corrected chi connectivity index (χ3v) is 2.67. The Morgan fingerprint density at radius 3 is 2.41 bits per heavy atom. The standard InChI is InChI=1S/C13H18O4/c1-3-17-13(16)12(15)9(2)11(14)10-7-5-4-6-8-10/h4-9,11-12,14-15H,3H2,1-2H3/t9-,11+,12+/m0/s1. The summed E-state index contributed by atoms with van der Waals surface area (Å²) >= 11 is 0. The van der Waals surface area contributed by atoms with Crippen LogP contribution in [0.2, 0.25) is 0 Å². The average molecular weight is 238 g/mol. The van der Waals surface area contributed by atoms with Crippen molar-refractivity contribution in [1.82, 2.24) is 0 Å². The number of benzene rings is 1. The fourth-order valence-corrected chi connectivity index (χ4v) is 1.57. The molecule has 0 saturated heterocycles. The first-order chi connectivity index (χ1) is 8.07. The van der Waals surface area contributed by atoms with Crippen LogP contribution in [0.3, 0.4) is 0 Å². The fraction of sp³-hybridized carbons (Fsp3) is 0.462. The van der Waals surface area contributed by atoms with E-state index in [2.05, 4.69) is 0 Å². The topological polar surface area (TPSA) is 66.8 Å². The highest BCUT2D eigenvalue weighted by molar-refractivity contribution is 5.74. The molecule has 1 aromatic rings. The molecule has 0 radical (unpaired) electrons. The average Bonchev–Trinajstić information content (AvgIpc) is 2.37. The van der Waals surface area contributed by atoms with Crippen molar-refractivity contribution in [3.8, 4) is 0 Å². The second-order valence-electron chi connectivity index (χ2n) is 3.91. The molecule has 0 unspecified atom stereocenters. The van der Waals surface area contributed by atoms with Gasteiger partial charge in [0.2, 0.25) is 0 Å². The van der Waals surface area contributed by atoms with Crippen molar-refractivity contribution in [2.75, 3.05) is 6.61 Å². The van der Waals surface area contributed by atoms with E-state index in [0.717, 1.165) is 0 Å². The summed E-state index contributed by atoms with van der Waals surface area (Å²) in [5, 5.41) is 19.7. The first kappa shape index (κ1) is 13.7. The molecule has 4 heteroatoms. The molecule has 0 bridgehead atoms. The van der Waals surface area contributed by atoms with Crippen LogP contribution in [0.4, 0.5) is 0 Å². The molecule has 0 saturated carbocycles. The minimum atomic E-state index is -1.31. The minimum absolute atomic E-state index is 0.212. The number of carbonyl (C=O) groups is 1. The molecule has 0 aliphatic heterocycles. The number of rotatable bonds is 5. The van der Waals surface area contributed by atoms with Gasteiger partial charge in [0.15, 0.2) is 6.10 Å². The van der Waals surface area contributed by atoms with Gasteiger partial charge >= 0.3 is 5.97 Å². The third kappa shape index (κ3) is 3.54. The molecule has 0 spiro atoms. The van der Waals surface area contributed by atoms with Crippen LogP contribution >= 0.6 is 0 Å². The summed E-state index contributed by atoms with van der Waals surface area (Å²) in [6.45, 7) is 3.49. The van der Waals surface area contributed by atoms with Crippen molar-refractivity contribution >= 4 is 5.97 Å². The van der Waals surface area contributed by atoms with Crippen molar-refractivity contribution in [2.45, 2.75) is 26.1 Å². The summed E-state index contributed by atoms with van der Waals surface area (Å²) in [5.74, 6) is -1.31. The van der Waals surface area contributed by atoms with Crippen LogP contribution in [0, 0.1) is 5.92 Å². The summed E-state index contributed by atoms with van der Waals surface area (Å²) in [7, 11) is 0. The number of hydrogen-bond acceptors (Lipinski definition) is 4. The number of aliphatic hydroxyl groups excluding tert-OH is 2. The van der Waals surface area contributed by atoms with Crippen LogP contribution in [0.1, 0.15) is 25.5 Å². The van der Waals surface area contributed by atoms with Gasteiger partial charge in [-0.15, -0.1) is 0 Å². The highest BCUT2D eigenvalue weighted by atomic mass is 16.5. The molecule has 2 N–H and O–H groups in total. The van der Waals surface area contributed by atoms with E-state index in [0.29, 0.717) is 5.56 Å². The van der Waals surface area contributed by atoms with Crippen molar-refractivity contribution in [3.05, 3.63) is 35.9 Å². The van der Waals surface area contributed by atoms with Gasteiger partial charge in [0.1, 0.15) is 0 Å². The third-order valence-electron chi connectivity index (χ3n) is 2.67. The lowest BCUT2D eigenvalue weighted by Crippen LogP contribution is -2.33. The molecule has 4 nitrogen and oxygen atoms in total. The zero-order chi connectivity index (χ0) is 12.8. The Bertz CT molecular complexity index is 350. The number of hydrogen-bond donors (Lipinski definition) is 2. The lowest BCUT2D eigenvalue weighted by atomic mass is 9.92. The Morgan fingerprint density at radius 1 is 1.29 bits per heavy atom. The normalized spacial score (nSPS) is 16.0. The molecule has 94 valence electrons. The Balaban J connectivity index is 2.69. The number of ether oxygens (including phenoxy) is 1. The van der Waals surface area contributed by atoms with Crippen LogP contribution in [0.5, 0.6) is 0 Å². The highest BCUT2D eigenvalue weighted by Crippen LogP contribution is 2.24. The molecule has 1 aromatic carbocycles. The molecule has 0 aromatic heterocycles. The number of esters is 1. The Kier molecular flexibility index (Phi) is 5.12. The first-order valence-electron chi connectivity index (χ1n) is 5.65. The van der Waals surface area contributed by atoms with Crippen LogP contribution in [-0.2, 0) is 9.53 Å². The summed E-state index contributed by atoms with van der Waals surface area (Å²) in [4.78, 5) is 11.3. The maximum atomic E-state index is 11.3. The molecule has 0 aliphatic carbocycles. The van der Waals surface area contributed by atoms with E-state index < -0.39 is 24.1 Å². The minimum Gasteiger partial charge on any atom is -0.464 e. The second-order valence-corrected chi connectivity index (χ2v) is 3.91. The van der Waals surface area contributed by atoms with Gasteiger partial charge in [0, 0.05) is 5.92 Å². The van der Waals surface area contributed by atoms with Gasteiger partial charge in [-0.05, 0) is 12.5 Å².